The molecule has 0 heterocycles. The fraction of sp³-hybridized carbons (Fsp3) is 0.532. The first kappa shape index (κ1) is 76.7. The van der Waals surface area contributed by atoms with Crippen LogP contribution in [0.3, 0.4) is 0 Å². The van der Waals surface area contributed by atoms with Gasteiger partial charge in [0.15, 0.2) is 6.04 Å². The Labute approximate surface area is 505 Å². The third-order valence-electron chi connectivity index (χ3n) is 11.8. The molecule has 2 rings (SSSR count). The molecule has 9 atom stereocenters. The van der Waals surface area contributed by atoms with Gasteiger partial charge in [0, 0.05) is 12.8 Å². The van der Waals surface area contributed by atoms with Crippen molar-refractivity contribution in [2.45, 2.75) is 109 Å². The molecule has 0 fully saturated rings. The van der Waals surface area contributed by atoms with Crippen LogP contribution >= 0.6 is 0 Å². The summed E-state index contributed by atoms with van der Waals surface area (Å²) in [7, 11) is -21.0. The Morgan fingerprint density at radius 3 is 1.06 bits per heavy atom. The Bertz CT molecular complexity index is 3230. The fourth-order valence-corrected chi connectivity index (χ4v) is 8.56. The van der Waals surface area contributed by atoms with Gasteiger partial charge in [-0.3, -0.25) is 61.4 Å². The van der Waals surface area contributed by atoms with Crippen LogP contribution in [0, 0.1) is 17.8 Å². The Morgan fingerprint density at radius 1 is 0.398 bits per heavy atom. The SMILES string of the molecule is CC(C)[C@H](NC(=O)[C@H](Cc1ccccc1)NC(=O)[C@H](COS(=O)(=O)O)NC(=O)[C@@H](NC(=O)[C@H](Cc1ccccc1)NC(=O)[C@@H](NC(=O)[C@@H](N)COS(=O)(=O)O)C(C)C)C(C)C)C(=O)NCC(=O)N[C@@H](COS(=O)(=O)O)C(=O)N[C@@H](COS(=O)(=O)O)C(=O)O. The lowest BCUT2D eigenvalue weighted by atomic mass is 9.99. The third kappa shape index (κ3) is 30.0. The van der Waals surface area contributed by atoms with Crippen LogP contribution in [0.15, 0.2) is 60.7 Å². The van der Waals surface area contributed by atoms with Crippen LogP contribution in [0.25, 0.3) is 0 Å². The normalized spacial score (nSPS) is 15.1. The Morgan fingerprint density at radius 2 is 0.693 bits per heavy atom. The maximum atomic E-state index is 14.2. The van der Waals surface area contributed by atoms with Crippen LogP contribution in [-0.4, -0.2) is 203 Å². The van der Waals surface area contributed by atoms with Crippen LogP contribution in [0.2, 0.25) is 0 Å². The molecule has 0 bridgehead atoms. The summed E-state index contributed by atoms with van der Waals surface area (Å²) in [5.74, 6) is -15.4. The molecule has 0 aliphatic carbocycles. The van der Waals surface area contributed by atoms with Crippen molar-refractivity contribution < 1.29 is 122 Å². The van der Waals surface area contributed by atoms with E-state index in [1.165, 1.54) is 53.7 Å². The highest BCUT2D eigenvalue weighted by atomic mass is 32.3. The number of aliphatic carboxylic acids is 1. The number of carbonyl (C=O) groups is 10. The number of carboxylic acids is 1. The zero-order valence-corrected chi connectivity index (χ0v) is 50.8. The zero-order chi connectivity index (χ0) is 67.1. The molecular formula is C47H70N10O27S4. The summed E-state index contributed by atoms with van der Waals surface area (Å²) < 4.78 is 143. The highest BCUT2D eigenvalue weighted by molar-refractivity contribution is 7.81. The van der Waals surface area contributed by atoms with E-state index in [4.69, 9.17) is 19.4 Å². The summed E-state index contributed by atoms with van der Waals surface area (Å²) in [6.07, 6.45) is -0.652. The van der Waals surface area contributed by atoms with Crippen molar-refractivity contribution in [1.29, 1.82) is 0 Å². The van der Waals surface area contributed by atoms with Crippen molar-refractivity contribution in [2.75, 3.05) is 33.0 Å². The van der Waals surface area contributed by atoms with Crippen LogP contribution < -0.4 is 53.6 Å². The van der Waals surface area contributed by atoms with Gasteiger partial charge in [-0.25, -0.2) is 21.5 Å². The Kier molecular flexibility index (Phi) is 30.5. The lowest BCUT2D eigenvalue weighted by molar-refractivity contribution is -0.143. The maximum Gasteiger partial charge on any atom is 0.397 e. The summed E-state index contributed by atoms with van der Waals surface area (Å²) in [6, 6.07) is -0.660. The molecular weight excluding hydrogens is 1260 g/mol. The molecule has 494 valence electrons. The van der Waals surface area contributed by atoms with E-state index in [2.05, 4.69) is 53.9 Å². The minimum absolute atomic E-state index is 0.251. The number of nitrogens with two attached hydrogens (primary N) is 1. The number of carbonyl (C=O) groups excluding carboxylic acids is 9. The van der Waals surface area contributed by atoms with E-state index in [9.17, 15) is 91.3 Å². The van der Waals surface area contributed by atoms with E-state index in [0.717, 1.165) is 0 Å². The molecule has 2 aromatic carbocycles. The van der Waals surface area contributed by atoms with E-state index in [-0.39, 0.29) is 6.42 Å². The van der Waals surface area contributed by atoms with Crippen molar-refractivity contribution in [2.24, 2.45) is 23.5 Å². The molecule has 41 heteroatoms. The van der Waals surface area contributed by atoms with Gasteiger partial charge in [-0.15, -0.1) is 0 Å². The van der Waals surface area contributed by atoms with E-state index in [1.807, 2.05) is 5.32 Å². The Balaban J connectivity index is 2.46. The van der Waals surface area contributed by atoms with Gasteiger partial charge in [-0.1, -0.05) is 102 Å². The molecule has 0 aliphatic rings. The van der Waals surface area contributed by atoms with Crippen molar-refractivity contribution in [3.8, 4) is 0 Å². The van der Waals surface area contributed by atoms with E-state index in [0.29, 0.717) is 11.1 Å². The van der Waals surface area contributed by atoms with Crippen molar-refractivity contribution in [1.82, 2.24) is 47.9 Å². The summed E-state index contributed by atoms with van der Waals surface area (Å²) in [4.78, 5) is 135. The van der Waals surface area contributed by atoms with Gasteiger partial charge in [-0.2, -0.15) is 33.7 Å². The number of carboxylic acid groups (broad SMARTS) is 1. The summed E-state index contributed by atoms with van der Waals surface area (Å²) >= 11 is 0. The molecule has 0 saturated heterocycles. The van der Waals surface area contributed by atoms with E-state index >= 15 is 0 Å². The third-order valence-corrected chi connectivity index (χ3v) is 13.5. The molecule has 0 unspecified atom stereocenters. The highest BCUT2D eigenvalue weighted by Crippen LogP contribution is 2.12. The summed E-state index contributed by atoms with van der Waals surface area (Å²) in [6.45, 7) is 2.34. The fourth-order valence-electron chi connectivity index (χ4n) is 7.32. The molecule has 16 N–H and O–H groups in total. The minimum Gasteiger partial charge on any atom is -0.480 e. The molecule has 0 radical (unpaired) electrons. The molecule has 0 aliphatic heterocycles. The lowest BCUT2D eigenvalue weighted by Crippen LogP contribution is -2.62. The second-order valence-electron chi connectivity index (χ2n) is 19.9. The average Bonchev–Trinajstić information content (AvgIpc) is 3.63. The first-order valence-electron chi connectivity index (χ1n) is 25.8. The second-order valence-corrected chi connectivity index (χ2v) is 24.3. The lowest BCUT2D eigenvalue weighted by Gasteiger charge is -2.29. The predicted octanol–water partition coefficient (Wildman–Crippen LogP) is -5.88. The average molecular weight is 1340 g/mol. The molecule has 0 aromatic heterocycles. The summed E-state index contributed by atoms with van der Waals surface area (Å²) in [5.41, 5.74) is 6.51. The number of amides is 9. The first-order valence-corrected chi connectivity index (χ1v) is 31.3. The number of hydrogen-bond donors (Lipinski definition) is 15. The van der Waals surface area contributed by atoms with Gasteiger partial charge in [0.2, 0.25) is 53.2 Å². The van der Waals surface area contributed by atoms with Gasteiger partial charge >= 0.3 is 47.6 Å². The van der Waals surface area contributed by atoms with Gasteiger partial charge in [0.1, 0.15) is 48.3 Å². The Hall–Kier alpha value is -7.42. The zero-order valence-electron chi connectivity index (χ0n) is 47.6. The predicted molar refractivity (Wildman–Crippen MR) is 299 cm³/mol. The van der Waals surface area contributed by atoms with Crippen LogP contribution in [-0.2, 0) is 119 Å². The van der Waals surface area contributed by atoms with Gasteiger partial charge < -0.3 is 58.7 Å². The minimum atomic E-state index is -5.39. The van der Waals surface area contributed by atoms with E-state index < -0.39 is 212 Å². The molecule has 0 saturated carbocycles. The number of hydrogen-bond acceptors (Lipinski definition) is 23. The van der Waals surface area contributed by atoms with Crippen molar-refractivity contribution >= 4 is 101 Å². The highest BCUT2D eigenvalue weighted by Gasteiger charge is 2.37. The second kappa shape index (κ2) is 34.9. The molecule has 9 amide bonds. The quantitative estimate of drug-likeness (QED) is 0.0278. The van der Waals surface area contributed by atoms with Crippen LogP contribution in [0.5, 0.6) is 0 Å². The number of nitrogens with one attached hydrogen (secondary N) is 9. The van der Waals surface area contributed by atoms with Gasteiger partial charge in [-0.05, 0) is 28.9 Å². The number of rotatable bonds is 38. The molecule has 2 aromatic rings. The largest absolute Gasteiger partial charge is 0.480 e. The topological polar surface area (TPSA) is 580 Å². The smallest absolute Gasteiger partial charge is 0.397 e. The molecule has 0 spiro atoms. The molecule has 88 heavy (non-hydrogen) atoms. The van der Waals surface area contributed by atoms with Gasteiger partial charge in [0.25, 0.3) is 0 Å². The van der Waals surface area contributed by atoms with Crippen LogP contribution in [0.1, 0.15) is 52.7 Å². The van der Waals surface area contributed by atoms with Gasteiger partial charge in [0.05, 0.1) is 33.0 Å². The number of benzene rings is 2. The maximum absolute atomic E-state index is 14.2. The van der Waals surface area contributed by atoms with E-state index in [1.54, 1.807) is 53.8 Å². The van der Waals surface area contributed by atoms with Crippen molar-refractivity contribution in [3.05, 3.63) is 71.8 Å². The monoisotopic (exact) mass is 1330 g/mol. The van der Waals surface area contributed by atoms with Crippen molar-refractivity contribution in [3.63, 3.8) is 0 Å². The first-order chi connectivity index (χ1) is 40.6. The van der Waals surface area contributed by atoms with Crippen LogP contribution in [0.4, 0.5) is 0 Å². The molecule has 37 nitrogen and oxygen atoms in total. The summed E-state index contributed by atoms with van der Waals surface area (Å²) in [5, 5.41) is 29.3. The standard InChI is InChI=1S/C47H70N10O27S4/c1-24(2)36(44(64)49-19-35(58)50-32(21-82-86(72,73)74)42(62)54-34(47(67)68)23-84-88(78,79)80)56-40(60)30(17-27-13-9-7-10-14-27)51-43(63)33(22-83-87(75,76)77)53-46(66)38(26(5)6)57-41(61)31(18-28-15-11-8-12-16-28)52-45(65)37(25(3)4)55-39(59)29(48)20-81-85(69,70)71/h7-16,24-26,29-34,36-38H,17-23,48H2,1-6H3,(H,49,64)(H,50,58)(H,51,63)(H,52,65)(H,53,66)(H,54,62)(H,55,59)(H,56,60)(H,57,61)(H,67,68)(H,69,70,71)(H,72,73,74)(H,75,76,77)(H,78,79,80)/t29-,30-,31-,32-,33-,34-,36-,37-,38-/m0/s1.